The van der Waals surface area contributed by atoms with Crippen molar-refractivity contribution >= 4 is 21.9 Å². The largest absolute Gasteiger partial charge is 0.534 e. The van der Waals surface area contributed by atoms with Crippen LogP contribution in [0.5, 0.6) is 0 Å². The number of allylic oxidation sites excluding steroid dienone is 1. The van der Waals surface area contributed by atoms with Crippen LogP contribution < -0.4 is 0 Å². The first kappa shape index (κ1) is 13.1. The lowest BCUT2D eigenvalue weighted by molar-refractivity contribution is -0.0523. The fourth-order valence-electron chi connectivity index (χ4n) is 1.95. The van der Waals surface area contributed by atoms with Crippen LogP contribution in [0.15, 0.2) is 11.8 Å². The third-order valence-electron chi connectivity index (χ3n) is 2.68. The van der Waals surface area contributed by atoms with Crippen LogP contribution in [0.2, 0.25) is 0 Å². The van der Waals surface area contributed by atoms with Gasteiger partial charge in [0.05, 0.1) is 0 Å². The predicted octanol–water partition coefficient (Wildman–Crippen LogP) is 2.79. The zero-order valence-corrected chi connectivity index (χ0v) is 10.4. The molecular weight excluding hydrogens is 277 g/mol. The highest BCUT2D eigenvalue weighted by molar-refractivity contribution is 8.00. The Balaban J connectivity index is 2.12. The van der Waals surface area contributed by atoms with Crippen molar-refractivity contribution in [3.63, 3.8) is 0 Å². The van der Waals surface area contributed by atoms with Crippen LogP contribution in [0.25, 0.3) is 0 Å². The van der Waals surface area contributed by atoms with Crippen molar-refractivity contribution in [1.82, 2.24) is 0 Å². The minimum atomic E-state index is -5.51. The number of rotatable bonds is 2. The van der Waals surface area contributed by atoms with E-state index in [9.17, 15) is 21.6 Å². The van der Waals surface area contributed by atoms with Gasteiger partial charge in [0.1, 0.15) is 5.76 Å². The molecule has 0 amide bonds. The van der Waals surface area contributed by atoms with Crippen molar-refractivity contribution in [3.8, 4) is 0 Å². The standard InChI is InChI=1S/C9H11F3O3S2/c10-9(11,12)17(13,14)15-6-4-7-2-1-3-8(5-6)16-7/h4,7-8H,1-3,5H2. The summed E-state index contributed by atoms with van der Waals surface area (Å²) in [6.07, 6.45) is 4.55. The molecule has 0 aliphatic carbocycles. The van der Waals surface area contributed by atoms with Gasteiger partial charge in [0.2, 0.25) is 0 Å². The fraction of sp³-hybridized carbons (Fsp3) is 0.778. The molecule has 2 bridgehead atoms. The number of fused-ring (bicyclic) bond motifs is 2. The van der Waals surface area contributed by atoms with Crippen molar-refractivity contribution in [2.24, 2.45) is 0 Å². The monoisotopic (exact) mass is 288 g/mol. The highest BCUT2D eigenvalue weighted by atomic mass is 32.2. The van der Waals surface area contributed by atoms with Crippen molar-refractivity contribution in [2.45, 2.75) is 41.7 Å². The fourth-order valence-corrected chi connectivity index (χ4v) is 4.04. The summed E-state index contributed by atoms with van der Waals surface area (Å²) in [5.41, 5.74) is -5.35. The molecule has 0 aromatic heterocycles. The summed E-state index contributed by atoms with van der Waals surface area (Å²) in [6, 6.07) is 0. The molecule has 8 heteroatoms. The Bertz CT molecular complexity index is 427. The Morgan fingerprint density at radius 2 is 2.06 bits per heavy atom. The molecule has 0 saturated carbocycles. The molecule has 2 unspecified atom stereocenters. The first-order valence-electron chi connectivity index (χ1n) is 5.15. The summed E-state index contributed by atoms with van der Waals surface area (Å²) in [5, 5.41) is 0.262. The van der Waals surface area contributed by atoms with E-state index < -0.39 is 15.6 Å². The molecule has 0 N–H and O–H groups in total. The molecule has 0 radical (unpaired) electrons. The van der Waals surface area contributed by atoms with Gasteiger partial charge in [0.25, 0.3) is 0 Å². The lowest BCUT2D eigenvalue weighted by Crippen LogP contribution is -2.28. The van der Waals surface area contributed by atoms with E-state index in [1.165, 1.54) is 6.08 Å². The van der Waals surface area contributed by atoms with E-state index in [2.05, 4.69) is 4.18 Å². The maximum Gasteiger partial charge on any atom is 0.534 e. The third-order valence-corrected chi connectivity index (χ3v) is 5.19. The number of alkyl halides is 3. The molecule has 2 rings (SSSR count). The Morgan fingerprint density at radius 3 is 2.65 bits per heavy atom. The molecule has 2 atom stereocenters. The molecule has 2 aliphatic rings. The minimum Gasteiger partial charge on any atom is -0.381 e. The van der Waals surface area contributed by atoms with Gasteiger partial charge in [0.15, 0.2) is 0 Å². The lowest BCUT2D eigenvalue weighted by Gasteiger charge is -2.32. The normalized spacial score (nSPS) is 29.7. The van der Waals surface area contributed by atoms with E-state index in [1.54, 1.807) is 11.8 Å². The van der Waals surface area contributed by atoms with Gasteiger partial charge < -0.3 is 4.18 Å². The van der Waals surface area contributed by atoms with E-state index in [0.717, 1.165) is 19.3 Å². The van der Waals surface area contributed by atoms with Crippen molar-refractivity contribution in [2.75, 3.05) is 0 Å². The van der Waals surface area contributed by atoms with Crippen LogP contribution in [0.1, 0.15) is 25.7 Å². The Kier molecular flexibility index (Phi) is 3.37. The molecule has 2 aliphatic heterocycles. The number of thioether (sulfide) groups is 1. The van der Waals surface area contributed by atoms with Crippen molar-refractivity contribution in [3.05, 3.63) is 11.8 Å². The molecule has 17 heavy (non-hydrogen) atoms. The molecule has 1 fully saturated rings. The Labute approximate surface area is 102 Å². The van der Waals surface area contributed by atoms with Gasteiger partial charge in [-0.3, -0.25) is 0 Å². The summed E-state index contributed by atoms with van der Waals surface area (Å²) in [6.45, 7) is 0. The van der Waals surface area contributed by atoms with Gasteiger partial charge in [-0.2, -0.15) is 33.4 Å². The number of halogens is 3. The maximum absolute atomic E-state index is 12.1. The first-order chi connectivity index (χ1) is 7.78. The number of hydrogen-bond acceptors (Lipinski definition) is 4. The molecule has 1 saturated heterocycles. The maximum atomic E-state index is 12.1. The second-order valence-electron chi connectivity index (χ2n) is 4.05. The first-order valence-corrected chi connectivity index (χ1v) is 7.50. The average molecular weight is 288 g/mol. The second kappa shape index (κ2) is 4.38. The van der Waals surface area contributed by atoms with Crippen LogP contribution in [0.4, 0.5) is 13.2 Å². The van der Waals surface area contributed by atoms with Crippen molar-refractivity contribution in [1.29, 1.82) is 0 Å². The zero-order chi connectivity index (χ0) is 12.7. The molecule has 0 aromatic carbocycles. The average Bonchev–Trinajstić information content (AvgIpc) is 2.14. The summed E-state index contributed by atoms with van der Waals surface area (Å²) in [4.78, 5) is 0. The van der Waals surface area contributed by atoms with Crippen LogP contribution in [-0.4, -0.2) is 24.4 Å². The predicted molar refractivity (Wildman–Crippen MR) is 57.8 cm³/mol. The quantitative estimate of drug-likeness (QED) is 0.579. The van der Waals surface area contributed by atoms with Gasteiger partial charge in [-0.1, -0.05) is 6.42 Å². The van der Waals surface area contributed by atoms with Gasteiger partial charge >= 0.3 is 15.6 Å². The SMILES string of the molecule is O=S(=O)(OC1=CC2CCCC(C1)S2)C(F)(F)F. The van der Waals surface area contributed by atoms with Gasteiger partial charge in [-0.25, -0.2) is 0 Å². The summed E-state index contributed by atoms with van der Waals surface area (Å²) in [7, 11) is -5.51. The van der Waals surface area contributed by atoms with E-state index in [1.807, 2.05) is 0 Å². The highest BCUT2D eigenvalue weighted by Gasteiger charge is 2.49. The van der Waals surface area contributed by atoms with Gasteiger partial charge in [0, 0.05) is 16.9 Å². The van der Waals surface area contributed by atoms with E-state index in [0.29, 0.717) is 0 Å². The number of hydrogen-bond donors (Lipinski definition) is 0. The third kappa shape index (κ3) is 2.90. The Hall–Kier alpha value is -0.370. The Morgan fingerprint density at radius 1 is 1.35 bits per heavy atom. The zero-order valence-electron chi connectivity index (χ0n) is 8.74. The van der Waals surface area contributed by atoms with Crippen LogP contribution in [-0.2, 0) is 14.3 Å². The van der Waals surface area contributed by atoms with Gasteiger partial charge in [-0.05, 0) is 18.9 Å². The molecule has 2 heterocycles. The van der Waals surface area contributed by atoms with Crippen LogP contribution in [0.3, 0.4) is 0 Å². The summed E-state index contributed by atoms with van der Waals surface area (Å²) >= 11 is 1.68. The molecule has 0 spiro atoms. The van der Waals surface area contributed by atoms with Crippen molar-refractivity contribution < 1.29 is 25.8 Å². The minimum absolute atomic E-state index is 0.0595. The van der Waals surface area contributed by atoms with E-state index >= 15 is 0 Å². The van der Waals surface area contributed by atoms with E-state index in [4.69, 9.17) is 0 Å². The molecule has 0 aromatic rings. The topological polar surface area (TPSA) is 43.4 Å². The molecule has 98 valence electrons. The van der Waals surface area contributed by atoms with Crippen LogP contribution in [0, 0.1) is 0 Å². The van der Waals surface area contributed by atoms with E-state index in [-0.39, 0.29) is 22.7 Å². The lowest BCUT2D eigenvalue weighted by atomic mass is 10.0. The molecule has 3 nitrogen and oxygen atoms in total. The smallest absolute Gasteiger partial charge is 0.381 e. The molecular formula is C9H11F3O3S2. The van der Waals surface area contributed by atoms with Gasteiger partial charge in [-0.15, -0.1) is 0 Å². The summed E-state index contributed by atoms with van der Waals surface area (Å²) in [5.74, 6) is -0.0595. The van der Waals surface area contributed by atoms with Crippen LogP contribution >= 0.6 is 11.8 Å². The summed E-state index contributed by atoms with van der Waals surface area (Å²) < 4.78 is 62.3. The highest BCUT2D eigenvalue weighted by Crippen LogP contribution is 2.41. The second-order valence-corrected chi connectivity index (χ2v) is 7.13.